The van der Waals surface area contributed by atoms with Crippen molar-refractivity contribution < 1.29 is 19.1 Å². The second-order valence-electron chi connectivity index (χ2n) is 7.94. The van der Waals surface area contributed by atoms with Crippen LogP contribution in [0.4, 0.5) is 5.69 Å². The van der Waals surface area contributed by atoms with E-state index in [0.29, 0.717) is 30.2 Å². The molecule has 2 amide bonds. The van der Waals surface area contributed by atoms with Crippen LogP contribution >= 0.6 is 11.8 Å². The molecule has 3 aromatic carbocycles. The van der Waals surface area contributed by atoms with Crippen LogP contribution in [0.2, 0.25) is 0 Å². The largest absolute Gasteiger partial charge is 0.497 e. The van der Waals surface area contributed by atoms with Crippen LogP contribution in [-0.4, -0.2) is 43.2 Å². The fourth-order valence-corrected chi connectivity index (χ4v) is 6.05. The van der Waals surface area contributed by atoms with Crippen LogP contribution < -0.4 is 14.4 Å². The van der Waals surface area contributed by atoms with E-state index >= 15 is 0 Å². The number of hydrogen-bond donors (Lipinski definition) is 0. The van der Waals surface area contributed by atoms with Gasteiger partial charge in [-0.25, -0.2) is 0 Å². The van der Waals surface area contributed by atoms with Crippen LogP contribution in [-0.2, 0) is 16.2 Å². The topological polar surface area (TPSA) is 59.1 Å². The van der Waals surface area contributed by atoms with Crippen molar-refractivity contribution in [3.05, 3.63) is 89.5 Å². The first kappa shape index (κ1) is 21.4. The quantitative estimate of drug-likeness (QED) is 0.569. The molecule has 2 aliphatic heterocycles. The Balaban J connectivity index is 1.55. The minimum atomic E-state index is -1.07. The van der Waals surface area contributed by atoms with Crippen LogP contribution in [0.15, 0.2) is 72.8 Å². The van der Waals surface area contributed by atoms with Crippen molar-refractivity contribution in [1.29, 1.82) is 0 Å². The monoisotopic (exact) mass is 460 g/mol. The summed E-state index contributed by atoms with van der Waals surface area (Å²) in [5.74, 6) is 1.77. The standard InChI is InChI=1S/C26H24N2O4S/c1-31-20-9-5-7-18(15-20)17-27-23-12-4-3-11-22(23)26(25(27)30)28(13-14-33-26)24(29)19-8-6-10-21(16-19)32-2/h3-12,15-16H,13-14,17H2,1-2H3/t26-/m1/s1. The maximum Gasteiger partial charge on any atom is 0.268 e. The smallest absolute Gasteiger partial charge is 0.268 e. The number of para-hydroxylation sites is 1. The molecular formula is C26H24N2O4S. The van der Waals surface area contributed by atoms with Crippen molar-refractivity contribution in [2.75, 3.05) is 31.4 Å². The third-order valence-corrected chi connectivity index (χ3v) is 7.56. The Hall–Kier alpha value is -3.45. The number of carbonyl (C=O) groups is 2. The average molecular weight is 461 g/mol. The number of nitrogens with zero attached hydrogens (tertiary/aromatic N) is 2. The van der Waals surface area contributed by atoms with Gasteiger partial charge in [0.15, 0.2) is 4.87 Å². The third-order valence-electron chi connectivity index (χ3n) is 6.14. The van der Waals surface area contributed by atoms with E-state index in [1.54, 1.807) is 48.3 Å². The van der Waals surface area contributed by atoms with E-state index < -0.39 is 4.87 Å². The van der Waals surface area contributed by atoms with Crippen molar-refractivity contribution in [1.82, 2.24) is 4.90 Å². The Morgan fingerprint density at radius 1 is 0.970 bits per heavy atom. The minimum absolute atomic E-state index is 0.0923. The average Bonchev–Trinajstić information content (AvgIpc) is 3.41. The number of methoxy groups -OCH3 is 2. The molecule has 7 heteroatoms. The summed E-state index contributed by atoms with van der Waals surface area (Å²) in [7, 11) is 3.20. The first-order chi connectivity index (χ1) is 16.1. The lowest BCUT2D eigenvalue weighted by Crippen LogP contribution is -2.50. The normalized spacial score (nSPS) is 19.2. The molecule has 2 heterocycles. The van der Waals surface area contributed by atoms with E-state index in [-0.39, 0.29) is 11.8 Å². The van der Waals surface area contributed by atoms with Crippen LogP contribution in [0.25, 0.3) is 0 Å². The van der Waals surface area contributed by atoms with E-state index in [0.717, 1.165) is 22.6 Å². The predicted molar refractivity (Wildman–Crippen MR) is 129 cm³/mol. The maximum absolute atomic E-state index is 14.1. The number of anilines is 1. The highest BCUT2D eigenvalue weighted by molar-refractivity contribution is 8.01. The Bertz CT molecular complexity index is 1230. The van der Waals surface area contributed by atoms with Gasteiger partial charge in [0.05, 0.1) is 26.5 Å². The van der Waals surface area contributed by atoms with E-state index in [1.165, 1.54) is 11.8 Å². The van der Waals surface area contributed by atoms with Gasteiger partial charge in [-0.3, -0.25) is 9.59 Å². The Kier molecular flexibility index (Phi) is 5.50. The molecule has 5 rings (SSSR count). The van der Waals surface area contributed by atoms with E-state index in [9.17, 15) is 9.59 Å². The number of benzene rings is 3. The summed E-state index contributed by atoms with van der Waals surface area (Å²) >= 11 is 1.52. The molecule has 6 nitrogen and oxygen atoms in total. The van der Waals surface area contributed by atoms with E-state index in [1.807, 2.05) is 48.5 Å². The number of fused-ring (bicyclic) bond motifs is 2. The number of thioether (sulfide) groups is 1. The SMILES string of the molecule is COc1cccc(CN2C(=O)[C@]3(SCCN3C(=O)c3cccc(OC)c3)c3ccccc32)c1. The third kappa shape index (κ3) is 3.43. The number of ether oxygens (including phenoxy) is 2. The fraction of sp³-hybridized carbons (Fsp3) is 0.231. The first-order valence-corrected chi connectivity index (χ1v) is 11.7. The molecule has 0 saturated carbocycles. The van der Waals surface area contributed by atoms with Crippen molar-refractivity contribution in [2.24, 2.45) is 0 Å². The lowest BCUT2D eigenvalue weighted by atomic mass is 10.0. The summed E-state index contributed by atoms with van der Waals surface area (Å²) in [5, 5.41) is 0. The lowest BCUT2D eigenvalue weighted by Gasteiger charge is -2.33. The number of amides is 2. The molecule has 0 aromatic heterocycles. The van der Waals surface area contributed by atoms with Crippen LogP contribution in [0.5, 0.6) is 11.5 Å². The Labute approximate surface area is 197 Å². The molecule has 168 valence electrons. The van der Waals surface area contributed by atoms with Crippen molar-refractivity contribution in [2.45, 2.75) is 11.4 Å². The Morgan fingerprint density at radius 2 is 1.70 bits per heavy atom. The zero-order chi connectivity index (χ0) is 23.0. The summed E-state index contributed by atoms with van der Waals surface area (Å²) in [6.07, 6.45) is 0. The van der Waals surface area contributed by atoms with Gasteiger partial charge in [0, 0.05) is 23.4 Å². The number of hydrogen-bond acceptors (Lipinski definition) is 5. The first-order valence-electron chi connectivity index (χ1n) is 10.7. The molecule has 1 saturated heterocycles. The Morgan fingerprint density at radius 3 is 2.48 bits per heavy atom. The summed E-state index contributed by atoms with van der Waals surface area (Å²) < 4.78 is 10.7. The molecule has 1 atom stereocenters. The van der Waals surface area contributed by atoms with Gasteiger partial charge in [-0.2, -0.15) is 0 Å². The van der Waals surface area contributed by atoms with Gasteiger partial charge in [0.1, 0.15) is 11.5 Å². The molecule has 2 aliphatic rings. The second-order valence-corrected chi connectivity index (χ2v) is 9.23. The summed E-state index contributed by atoms with van der Waals surface area (Å²) in [6, 6.07) is 22.6. The van der Waals surface area contributed by atoms with Gasteiger partial charge in [-0.1, -0.05) is 36.4 Å². The van der Waals surface area contributed by atoms with Gasteiger partial charge in [-0.05, 0) is 42.0 Å². The van der Waals surface area contributed by atoms with Gasteiger partial charge in [-0.15, -0.1) is 11.8 Å². The van der Waals surface area contributed by atoms with Crippen LogP contribution in [0, 0.1) is 0 Å². The van der Waals surface area contributed by atoms with E-state index in [4.69, 9.17) is 9.47 Å². The van der Waals surface area contributed by atoms with Gasteiger partial charge >= 0.3 is 0 Å². The zero-order valence-electron chi connectivity index (χ0n) is 18.5. The predicted octanol–water partition coefficient (Wildman–Crippen LogP) is 4.29. The summed E-state index contributed by atoms with van der Waals surface area (Å²) in [4.78, 5) is 30.2. The summed E-state index contributed by atoms with van der Waals surface area (Å²) in [5.41, 5.74) is 3.16. The fourth-order valence-electron chi connectivity index (χ4n) is 4.59. The van der Waals surface area contributed by atoms with Gasteiger partial charge in [0.2, 0.25) is 0 Å². The lowest BCUT2D eigenvalue weighted by molar-refractivity contribution is -0.123. The molecule has 0 unspecified atom stereocenters. The molecule has 1 spiro atoms. The molecule has 0 aliphatic carbocycles. The molecule has 3 aromatic rings. The highest BCUT2D eigenvalue weighted by atomic mass is 32.2. The molecular weight excluding hydrogens is 436 g/mol. The molecule has 0 bridgehead atoms. The van der Waals surface area contributed by atoms with Crippen molar-refractivity contribution in [3.8, 4) is 11.5 Å². The molecule has 33 heavy (non-hydrogen) atoms. The molecule has 0 radical (unpaired) electrons. The van der Waals surface area contributed by atoms with Gasteiger partial charge in [0.25, 0.3) is 11.8 Å². The minimum Gasteiger partial charge on any atom is -0.497 e. The van der Waals surface area contributed by atoms with Crippen LogP contribution in [0.3, 0.4) is 0 Å². The van der Waals surface area contributed by atoms with Crippen molar-refractivity contribution >= 4 is 29.3 Å². The maximum atomic E-state index is 14.1. The molecule has 0 N–H and O–H groups in total. The summed E-state index contributed by atoms with van der Waals surface area (Å²) in [6.45, 7) is 0.893. The highest BCUT2D eigenvalue weighted by Gasteiger charge is 2.59. The van der Waals surface area contributed by atoms with Crippen molar-refractivity contribution in [3.63, 3.8) is 0 Å². The second kappa shape index (κ2) is 8.48. The molecule has 1 fully saturated rings. The van der Waals surface area contributed by atoms with Crippen LogP contribution in [0.1, 0.15) is 21.5 Å². The number of rotatable bonds is 5. The highest BCUT2D eigenvalue weighted by Crippen LogP contribution is 2.54. The zero-order valence-corrected chi connectivity index (χ0v) is 19.3. The van der Waals surface area contributed by atoms with E-state index in [2.05, 4.69) is 0 Å². The van der Waals surface area contributed by atoms with Gasteiger partial charge < -0.3 is 19.3 Å². The number of carbonyl (C=O) groups excluding carboxylic acids is 2.